The van der Waals surface area contributed by atoms with Gasteiger partial charge >= 0.3 is 12.1 Å². The van der Waals surface area contributed by atoms with Crippen LogP contribution in [0, 0.1) is 5.82 Å². The van der Waals surface area contributed by atoms with Crippen molar-refractivity contribution in [3.63, 3.8) is 0 Å². The third-order valence-electron chi connectivity index (χ3n) is 5.68. The molecule has 1 aromatic heterocycles. The molecule has 0 atom stereocenters. The van der Waals surface area contributed by atoms with Crippen molar-refractivity contribution in [3.8, 4) is 11.3 Å². The molecule has 2 heterocycles. The molecule has 0 aliphatic carbocycles. The van der Waals surface area contributed by atoms with Crippen LogP contribution in [0.3, 0.4) is 0 Å². The smallest absolute Gasteiger partial charge is 0.429 e. The van der Waals surface area contributed by atoms with Crippen LogP contribution < -0.4 is 4.90 Å². The van der Waals surface area contributed by atoms with E-state index in [9.17, 15) is 18.0 Å². The van der Waals surface area contributed by atoms with Crippen molar-refractivity contribution >= 4 is 34.8 Å². The lowest BCUT2D eigenvalue weighted by Gasteiger charge is -2.32. The van der Waals surface area contributed by atoms with Crippen LogP contribution in [0.4, 0.5) is 23.2 Å². The molecular formula is C24H21ClF4N2O2S. The largest absolute Gasteiger partial charge is 0.466 e. The minimum Gasteiger partial charge on any atom is -0.466 e. The van der Waals surface area contributed by atoms with Gasteiger partial charge in [-0.15, -0.1) is 0 Å². The number of halogens is 5. The lowest BCUT2D eigenvalue weighted by molar-refractivity contribution is -0.143. The van der Waals surface area contributed by atoms with Crippen LogP contribution in [-0.2, 0) is 35.1 Å². The SMILES string of the molecule is CCOC(=O)CCc1ccc2c(c1F)CCN(c1c(-c3ccc(Cl)cc3)nsc1C(F)(F)F)C2. The first-order valence-electron chi connectivity index (χ1n) is 10.7. The first-order valence-corrected chi connectivity index (χ1v) is 11.9. The Kier molecular flexibility index (Phi) is 7.14. The Hall–Kier alpha value is -2.65. The number of esters is 1. The number of fused-ring (bicyclic) bond motifs is 1. The van der Waals surface area contributed by atoms with Gasteiger partial charge in [-0.2, -0.15) is 17.5 Å². The fraction of sp³-hybridized carbons (Fsp3) is 0.333. The maximum Gasteiger partial charge on any atom is 0.429 e. The van der Waals surface area contributed by atoms with Crippen LogP contribution in [-0.4, -0.2) is 23.5 Å². The van der Waals surface area contributed by atoms with Crippen molar-refractivity contribution in [3.05, 3.63) is 68.8 Å². The van der Waals surface area contributed by atoms with Crippen LogP contribution in [0.25, 0.3) is 11.3 Å². The van der Waals surface area contributed by atoms with Crippen molar-refractivity contribution < 1.29 is 27.1 Å². The highest BCUT2D eigenvalue weighted by Gasteiger charge is 2.40. The number of rotatable bonds is 6. The standard InChI is InChI=1S/C24H21ClF4N2O2S/c1-2-33-19(32)10-7-14-3-4-16-13-31(12-11-18(16)20(14)26)22-21(15-5-8-17(25)9-6-15)30-34-23(22)24(27,28)29/h3-6,8-9H,2,7,10-13H2,1H3. The number of hydrogen-bond donors (Lipinski definition) is 0. The number of carbonyl (C=O) groups is 1. The van der Waals surface area contributed by atoms with Gasteiger partial charge in [-0.1, -0.05) is 35.9 Å². The molecule has 2 aromatic carbocycles. The lowest BCUT2D eigenvalue weighted by atomic mass is 9.94. The van der Waals surface area contributed by atoms with Crippen molar-refractivity contribution in [2.75, 3.05) is 18.1 Å². The van der Waals surface area contributed by atoms with Gasteiger partial charge in [0, 0.05) is 30.1 Å². The molecule has 0 amide bonds. The Balaban J connectivity index is 1.65. The number of nitrogens with zero attached hydrogens (tertiary/aromatic N) is 2. The zero-order valence-electron chi connectivity index (χ0n) is 18.2. The summed E-state index contributed by atoms with van der Waals surface area (Å²) in [6.07, 6.45) is -4.06. The zero-order chi connectivity index (χ0) is 24.5. The van der Waals surface area contributed by atoms with Crippen LogP contribution in [0.1, 0.15) is 34.9 Å². The first-order chi connectivity index (χ1) is 16.2. The number of ether oxygens (including phenoxy) is 1. The van der Waals surface area contributed by atoms with E-state index in [1.807, 2.05) is 0 Å². The summed E-state index contributed by atoms with van der Waals surface area (Å²) in [6, 6.07) is 9.79. The van der Waals surface area contributed by atoms with Gasteiger partial charge in [-0.05, 0) is 60.1 Å². The molecule has 1 aliphatic rings. The second kappa shape index (κ2) is 9.92. The van der Waals surface area contributed by atoms with Crippen LogP contribution in [0.5, 0.6) is 0 Å². The predicted molar refractivity (Wildman–Crippen MR) is 124 cm³/mol. The minimum atomic E-state index is -4.57. The lowest BCUT2D eigenvalue weighted by Crippen LogP contribution is -2.32. The molecule has 0 saturated heterocycles. The summed E-state index contributed by atoms with van der Waals surface area (Å²) in [4.78, 5) is 12.4. The molecule has 1 aliphatic heterocycles. The Morgan fingerprint density at radius 3 is 2.62 bits per heavy atom. The van der Waals surface area contributed by atoms with Gasteiger partial charge in [-0.25, -0.2) is 4.39 Å². The number of benzene rings is 2. The number of alkyl halides is 3. The fourth-order valence-electron chi connectivity index (χ4n) is 4.08. The molecule has 0 spiro atoms. The van der Waals surface area contributed by atoms with Gasteiger partial charge in [0.05, 0.1) is 12.3 Å². The molecule has 0 unspecified atom stereocenters. The summed E-state index contributed by atoms with van der Waals surface area (Å²) < 4.78 is 65.7. The number of aryl methyl sites for hydroxylation is 1. The molecule has 180 valence electrons. The summed E-state index contributed by atoms with van der Waals surface area (Å²) >= 11 is 6.34. The Labute approximate surface area is 203 Å². The van der Waals surface area contributed by atoms with Gasteiger partial charge < -0.3 is 9.64 Å². The highest BCUT2D eigenvalue weighted by Crippen LogP contribution is 2.46. The van der Waals surface area contributed by atoms with E-state index in [1.165, 1.54) is 0 Å². The van der Waals surface area contributed by atoms with E-state index in [1.54, 1.807) is 48.2 Å². The fourth-order valence-corrected chi connectivity index (χ4v) is 4.99. The summed E-state index contributed by atoms with van der Waals surface area (Å²) in [5, 5.41) is 0.470. The Morgan fingerprint density at radius 1 is 1.21 bits per heavy atom. The minimum absolute atomic E-state index is 0.00253. The third-order valence-corrected chi connectivity index (χ3v) is 6.81. The average Bonchev–Trinajstić information content (AvgIpc) is 3.25. The highest BCUT2D eigenvalue weighted by molar-refractivity contribution is 7.06. The zero-order valence-corrected chi connectivity index (χ0v) is 19.8. The molecule has 3 aromatic rings. The van der Waals surface area contributed by atoms with E-state index >= 15 is 4.39 Å². The quantitative estimate of drug-likeness (QED) is 0.273. The Bertz CT molecular complexity index is 1190. The van der Waals surface area contributed by atoms with Gasteiger partial charge in [-0.3, -0.25) is 4.79 Å². The predicted octanol–water partition coefficient (Wildman–Crippen LogP) is 6.68. The summed E-state index contributed by atoms with van der Waals surface area (Å²) in [5.41, 5.74) is 2.24. The molecule has 10 heteroatoms. The summed E-state index contributed by atoms with van der Waals surface area (Å²) in [7, 11) is 0. The Morgan fingerprint density at radius 2 is 1.94 bits per heavy atom. The molecule has 0 bridgehead atoms. The van der Waals surface area contributed by atoms with Gasteiger partial charge in [0.25, 0.3) is 0 Å². The molecule has 0 fully saturated rings. The van der Waals surface area contributed by atoms with E-state index in [0.29, 0.717) is 38.8 Å². The van der Waals surface area contributed by atoms with Crippen LogP contribution >= 0.6 is 23.1 Å². The van der Waals surface area contributed by atoms with Crippen molar-refractivity contribution in [2.45, 2.75) is 38.9 Å². The van der Waals surface area contributed by atoms with Gasteiger partial charge in [0.15, 0.2) is 4.88 Å². The topological polar surface area (TPSA) is 42.4 Å². The van der Waals surface area contributed by atoms with Crippen molar-refractivity contribution in [1.82, 2.24) is 4.37 Å². The molecule has 0 saturated carbocycles. The molecule has 4 nitrogen and oxygen atoms in total. The van der Waals surface area contributed by atoms with Gasteiger partial charge in [0.1, 0.15) is 11.5 Å². The summed E-state index contributed by atoms with van der Waals surface area (Å²) in [6.45, 7) is 2.28. The third kappa shape index (κ3) is 5.05. The number of aromatic nitrogens is 1. The number of anilines is 1. The second-order valence-electron chi connectivity index (χ2n) is 7.87. The molecule has 34 heavy (non-hydrogen) atoms. The normalized spacial score (nSPS) is 13.6. The van der Waals surface area contributed by atoms with E-state index in [0.717, 1.165) is 0 Å². The van der Waals surface area contributed by atoms with E-state index in [4.69, 9.17) is 16.3 Å². The van der Waals surface area contributed by atoms with Crippen molar-refractivity contribution in [1.29, 1.82) is 0 Å². The molecule has 4 rings (SSSR count). The summed E-state index contributed by atoms with van der Waals surface area (Å²) in [5.74, 6) is -0.802. The highest BCUT2D eigenvalue weighted by atomic mass is 35.5. The van der Waals surface area contributed by atoms with Crippen molar-refractivity contribution in [2.24, 2.45) is 0 Å². The first kappa shape index (κ1) is 24.5. The molecule has 0 N–H and O–H groups in total. The number of carbonyl (C=O) groups excluding carboxylic acids is 1. The van der Waals surface area contributed by atoms with Gasteiger partial charge in [0.2, 0.25) is 0 Å². The van der Waals surface area contributed by atoms with E-state index < -0.39 is 22.8 Å². The van der Waals surface area contributed by atoms with E-state index in [-0.39, 0.29) is 50.3 Å². The van der Waals surface area contributed by atoms with Crippen LogP contribution in [0.15, 0.2) is 36.4 Å². The number of hydrogen-bond acceptors (Lipinski definition) is 5. The second-order valence-corrected chi connectivity index (χ2v) is 9.08. The maximum absolute atomic E-state index is 15.1. The molecule has 0 radical (unpaired) electrons. The average molecular weight is 513 g/mol. The monoisotopic (exact) mass is 512 g/mol. The maximum atomic E-state index is 15.1. The van der Waals surface area contributed by atoms with Crippen LogP contribution in [0.2, 0.25) is 5.02 Å². The van der Waals surface area contributed by atoms with E-state index in [2.05, 4.69) is 4.37 Å². The molecular weight excluding hydrogens is 492 g/mol.